The summed E-state index contributed by atoms with van der Waals surface area (Å²) in [6, 6.07) is 3.07. The Labute approximate surface area is 127 Å². The van der Waals surface area contributed by atoms with E-state index in [1.165, 1.54) is 0 Å². The quantitative estimate of drug-likeness (QED) is 0.881. The van der Waals surface area contributed by atoms with Gasteiger partial charge in [0.05, 0.1) is 6.04 Å². The predicted molar refractivity (Wildman–Crippen MR) is 78.2 cm³/mol. The molecule has 7 heteroatoms. The molecule has 0 radical (unpaired) electrons. The summed E-state index contributed by atoms with van der Waals surface area (Å²) in [6.45, 7) is 4.62. The van der Waals surface area contributed by atoms with E-state index >= 15 is 0 Å². The van der Waals surface area contributed by atoms with Gasteiger partial charge in [-0.3, -0.25) is 4.79 Å². The van der Waals surface area contributed by atoms with Crippen LogP contribution < -0.4 is 5.32 Å². The number of nitrogens with one attached hydrogen (secondary N) is 1. The Kier molecular flexibility index (Phi) is 3.63. The largest absolute Gasteiger partial charge is 0.342 e. The lowest BCUT2D eigenvalue weighted by Crippen LogP contribution is -2.28. The van der Waals surface area contributed by atoms with Crippen LogP contribution in [0.4, 0.5) is 0 Å². The number of rotatable bonds is 3. The van der Waals surface area contributed by atoms with Crippen molar-refractivity contribution < 1.29 is 4.79 Å². The van der Waals surface area contributed by atoms with Gasteiger partial charge >= 0.3 is 0 Å². The molecule has 0 aromatic carbocycles. The number of halogens is 1. The molecule has 0 saturated carbocycles. The molecular formula is C14H16ClN5O. The summed E-state index contributed by atoms with van der Waals surface area (Å²) in [4.78, 5) is 16.4. The molecule has 0 spiro atoms. The molecule has 1 N–H and O–H groups in total. The highest BCUT2D eigenvalue weighted by molar-refractivity contribution is 6.29. The van der Waals surface area contributed by atoms with Crippen molar-refractivity contribution in [2.45, 2.75) is 39.3 Å². The molecule has 1 amide bonds. The number of aryl methyl sites for hydroxylation is 2. The highest BCUT2D eigenvalue weighted by atomic mass is 35.5. The van der Waals surface area contributed by atoms with E-state index in [0.717, 1.165) is 31.0 Å². The monoisotopic (exact) mass is 305 g/mol. The first-order valence-electron chi connectivity index (χ1n) is 6.91. The third kappa shape index (κ3) is 2.76. The van der Waals surface area contributed by atoms with Gasteiger partial charge in [-0.15, -0.1) is 10.2 Å². The zero-order valence-corrected chi connectivity index (χ0v) is 12.7. The number of fused-ring (bicyclic) bond motifs is 1. The molecule has 110 valence electrons. The Bertz CT molecular complexity index is 676. The number of carbonyl (C=O) groups is 1. The summed E-state index contributed by atoms with van der Waals surface area (Å²) in [5.74, 6) is 1.60. The summed E-state index contributed by atoms with van der Waals surface area (Å²) in [5.41, 5.74) is 1.21. The number of hydrogen-bond donors (Lipinski definition) is 1. The third-order valence-electron chi connectivity index (χ3n) is 3.56. The second-order valence-electron chi connectivity index (χ2n) is 5.24. The van der Waals surface area contributed by atoms with Crippen LogP contribution in [0.3, 0.4) is 0 Å². The fourth-order valence-electron chi connectivity index (χ4n) is 2.60. The Morgan fingerprint density at radius 2 is 2.24 bits per heavy atom. The van der Waals surface area contributed by atoms with Gasteiger partial charge in [-0.1, -0.05) is 11.6 Å². The van der Waals surface area contributed by atoms with Gasteiger partial charge in [-0.25, -0.2) is 4.98 Å². The second kappa shape index (κ2) is 5.44. The Morgan fingerprint density at radius 1 is 1.43 bits per heavy atom. The molecule has 6 nitrogen and oxygen atoms in total. The number of nitrogens with zero attached hydrogens (tertiary/aromatic N) is 4. The van der Waals surface area contributed by atoms with Gasteiger partial charge in [0.15, 0.2) is 5.82 Å². The molecule has 3 heterocycles. The number of carbonyl (C=O) groups excluding carboxylic acids is 1. The van der Waals surface area contributed by atoms with Crippen molar-refractivity contribution in [1.82, 2.24) is 25.1 Å². The van der Waals surface area contributed by atoms with E-state index in [9.17, 15) is 4.79 Å². The molecule has 0 bridgehead atoms. The van der Waals surface area contributed by atoms with Gasteiger partial charge in [0.1, 0.15) is 11.0 Å². The van der Waals surface area contributed by atoms with E-state index in [1.54, 1.807) is 19.1 Å². The summed E-state index contributed by atoms with van der Waals surface area (Å²) >= 11 is 5.89. The van der Waals surface area contributed by atoms with Crippen molar-refractivity contribution in [3.63, 3.8) is 0 Å². The van der Waals surface area contributed by atoms with Crippen LogP contribution in [0.5, 0.6) is 0 Å². The van der Waals surface area contributed by atoms with E-state index < -0.39 is 0 Å². The highest BCUT2D eigenvalue weighted by Crippen LogP contribution is 2.19. The fraction of sp³-hybridized carbons (Fsp3) is 0.429. The molecule has 21 heavy (non-hydrogen) atoms. The normalized spacial score (nSPS) is 14.8. The molecule has 1 atom stereocenters. The van der Waals surface area contributed by atoms with Crippen LogP contribution in [0.1, 0.15) is 47.1 Å². The highest BCUT2D eigenvalue weighted by Gasteiger charge is 2.22. The first kappa shape index (κ1) is 14.0. The molecule has 0 aliphatic carbocycles. The zero-order chi connectivity index (χ0) is 15.0. The van der Waals surface area contributed by atoms with E-state index in [2.05, 4.69) is 25.1 Å². The van der Waals surface area contributed by atoms with Crippen LogP contribution in [-0.4, -0.2) is 25.7 Å². The van der Waals surface area contributed by atoms with Crippen molar-refractivity contribution in [3.05, 3.63) is 40.2 Å². The van der Waals surface area contributed by atoms with Gasteiger partial charge in [0.25, 0.3) is 5.91 Å². The minimum absolute atomic E-state index is 0.190. The van der Waals surface area contributed by atoms with Crippen molar-refractivity contribution >= 4 is 17.5 Å². The van der Waals surface area contributed by atoms with Gasteiger partial charge in [-0.05, 0) is 32.4 Å². The minimum atomic E-state index is -0.205. The summed E-state index contributed by atoms with van der Waals surface area (Å²) in [5, 5.41) is 11.6. The number of hydrogen-bond acceptors (Lipinski definition) is 4. The minimum Gasteiger partial charge on any atom is -0.342 e. The summed E-state index contributed by atoms with van der Waals surface area (Å²) in [7, 11) is 0. The van der Waals surface area contributed by atoms with Gasteiger partial charge in [0.2, 0.25) is 0 Å². The Balaban J connectivity index is 1.77. The first-order valence-corrected chi connectivity index (χ1v) is 7.29. The number of pyridine rings is 1. The predicted octanol–water partition coefficient (Wildman–Crippen LogP) is 2.07. The van der Waals surface area contributed by atoms with Gasteiger partial charge in [-0.2, -0.15) is 0 Å². The summed E-state index contributed by atoms with van der Waals surface area (Å²) in [6.07, 6.45) is 2.03. The SMILES string of the molecule is Cc1cc(C(=O)NC(C)c2nnc3n2CCC3)cc(Cl)n1. The zero-order valence-electron chi connectivity index (χ0n) is 11.9. The third-order valence-corrected chi connectivity index (χ3v) is 3.75. The lowest BCUT2D eigenvalue weighted by atomic mass is 10.2. The molecule has 1 aliphatic rings. The molecule has 1 aliphatic heterocycles. The number of aromatic nitrogens is 4. The molecule has 2 aromatic rings. The maximum absolute atomic E-state index is 12.3. The molecule has 0 saturated heterocycles. The number of amides is 1. The molecular weight excluding hydrogens is 290 g/mol. The van der Waals surface area contributed by atoms with E-state index in [0.29, 0.717) is 16.4 Å². The van der Waals surface area contributed by atoms with E-state index in [-0.39, 0.29) is 11.9 Å². The van der Waals surface area contributed by atoms with Crippen LogP contribution in [-0.2, 0) is 13.0 Å². The maximum atomic E-state index is 12.3. The maximum Gasteiger partial charge on any atom is 0.252 e. The van der Waals surface area contributed by atoms with Crippen molar-refractivity contribution in [2.24, 2.45) is 0 Å². The molecule has 2 aromatic heterocycles. The van der Waals surface area contributed by atoms with Crippen LogP contribution in [0.15, 0.2) is 12.1 Å². The van der Waals surface area contributed by atoms with E-state index in [1.807, 2.05) is 6.92 Å². The standard InChI is InChI=1S/C14H16ClN5O/c1-8-6-10(7-11(15)16-8)14(21)17-9(2)13-19-18-12-4-3-5-20(12)13/h6-7,9H,3-5H2,1-2H3,(H,17,21). The van der Waals surface area contributed by atoms with Crippen molar-refractivity contribution in [1.29, 1.82) is 0 Å². The molecule has 0 fully saturated rings. The Hall–Kier alpha value is -1.95. The van der Waals surface area contributed by atoms with Crippen LogP contribution >= 0.6 is 11.6 Å². The van der Waals surface area contributed by atoms with Crippen molar-refractivity contribution in [3.8, 4) is 0 Å². The lowest BCUT2D eigenvalue weighted by Gasteiger charge is -2.14. The molecule has 1 unspecified atom stereocenters. The topological polar surface area (TPSA) is 72.7 Å². The smallest absolute Gasteiger partial charge is 0.252 e. The van der Waals surface area contributed by atoms with Crippen molar-refractivity contribution in [2.75, 3.05) is 0 Å². The van der Waals surface area contributed by atoms with Gasteiger partial charge in [0, 0.05) is 24.2 Å². The van der Waals surface area contributed by atoms with Crippen LogP contribution in [0.2, 0.25) is 5.15 Å². The second-order valence-corrected chi connectivity index (χ2v) is 5.63. The fourth-order valence-corrected chi connectivity index (χ4v) is 2.85. The average molecular weight is 306 g/mol. The van der Waals surface area contributed by atoms with Crippen LogP contribution in [0.25, 0.3) is 0 Å². The Morgan fingerprint density at radius 3 is 3.00 bits per heavy atom. The molecule has 3 rings (SSSR count). The average Bonchev–Trinajstić information content (AvgIpc) is 2.99. The van der Waals surface area contributed by atoms with Gasteiger partial charge < -0.3 is 9.88 Å². The first-order chi connectivity index (χ1) is 10.0. The van der Waals surface area contributed by atoms with E-state index in [4.69, 9.17) is 11.6 Å². The summed E-state index contributed by atoms with van der Waals surface area (Å²) < 4.78 is 2.08. The van der Waals surface area contributed by atoms with Crippen LogP contribution in [0, 0.1) is 6.92 Å². The lowest BCUT2D eigenvalue weighted by molar-refractivity contribution is 0.0937.